The summed E-state index contributed by atoms with van der Waals surface area (Å²) in [5.41, 5.74) is 0.521. The van der Waals surface area contributed by atoms with Crippen LogP contribution < -0.4 is 31.9 Å². The molecule has 0 spiro atoms. The molecule has 0 heterocycles. The zero-order valence-electron chi connectivity index (χ0n) is 75.9. The molecule has 14 unspecified atom stereocenters. The van der Waals surface area contributed by atoms with Gasteiger partial charge in [0.2, 0.25) is 5.91 Å². The molecule has 4 saturated carbocycles. The third-order valence-corrected chi connectivity index (χ3v) is 23.4. The quantitative estimate of drug-likeness (QED) is 0.0310. The Hall–Kier alpha value is -3.20. The number of ether oxygens (including phenoxy) is 4. The Morgan fingerprint density at radius 3 is 1.35 bits per heavy atom. The molecule has 4 rings (SSSR count). The normalized spacial score (nSPS) is 24.4. The monoisotopic (exact) mass is 1540 g/mol. The first-order valence-electron chi connectivity index (χ1n) is 43.8. The molecule has 638 valence electrons. The van der Waals surface area contributed by atoms with Crippen molar-refractivity contribution < 1.29 is 57.3 Å². The largest absolute Gasteiger partial charge is 0.379 e. The fraction of sp³-hybridized carbons (Fsp3) is 0.912. The van der Waals surface area contributed by atoms with Gasteiger partial charge in [-0.1, -0.05) is 159 Å². The van der Waals surface area contributed by atoms with Crippen LogP contribution in [0.3, 0.4) is 0 Å². The number of hydrogen-bond donors (Lipinski definition) is 6. The van der Waals surface area contributed by atoms with Crippen molar-refractivity contribution in [1.29, 1.82) is 0 Å². The van der Waals surface area contributed by atoms with Crippen LogP contribution in [0.15, 0.2) is 0 Å². The van der Waals surface area contributed by atoms with Gasteiger partial charge in [0.05, 0.1) is 66.9 Å². The molecular weight excluding hydrogens is 1370 g/mol. The van der Waals surface area contributed by atoms with E-state index in [2.05, 4.69) is 150 Å². The number of carbonyl (C=O) groups excluding carboxylic acids is 8. The Balaban J connectivity index is 0.000000787. The highest BCUT2D eigenvalue weighted by molar-refractivity contribution is 5.93. The van der Waals surface area contributed by atoms with E-state index >= 15 is 0 Å². The molecule has 16 atom stereocenters. The molecule has 0 saturated heterocycles. The predicted molar refractivity (Wildman–Crippen MR) is 450 cm³/mol. The van der Waals surface area contributed by atoms with Crippen molar-refractivity contribution in [1.82, 2.24) is 31.9 Å². The number of hydrogen-bond acceptors (Lipinski definition) is 17. The lowest BCUT2D eigenvalue weighted by atomic mass is 9.43. The predicted octanol–water partition coefficient (Wildman–Crippen LogP) is 16.9. The van der Waals surface area contributed by atoms with E-state index in [-0.39, 0.29) is 151 Å². The van der Waals surface area contributed by atoms with Crippen LogP contribution in [0.4, 0.5) is 0 Å². The maximum atomic E-state index is 12.9. The average Bonchev–Trinajstić information content (AvgIpc) is 1.66. The summed E-state index contributed by atoms with van der Waals surface area (Å²) in [5, 5.41) is 19.2. The van der Waals surface area contributed by atoms with Crippen LogP contribution in [-0.2, 0) is 57.3 Å². The van der Waals surface area contributed by atoms with Gasteiger partial charge in [0.15, 0.2) is 23.1 Å². The van der Waals surface area contributed by atoms with E-state index in [9.17, 15) is 38.4 Å². The Bertz CT molecular complexity index is 2630. The zero-order valence-corrected chi connectivity index (χ0v) is 75.9. The highest BCUT2D eigenvalue weighted by Crippen LogP contribution is 2.69. The number of fused-ring (bicyclic) bond motifs is 5. The molecule has 0 aromatic heterocycles. The Labute approximate surface area is 668 Å². The van der Waals surface area contributed by atoms with Crippen LogP contribution in [0.25, 0.3) is 0 Å². The number of amides is 1. The second kappa shape index (κ2) is 51.7. The summed E-state index contributed by atoms with van der Waals surface area (Å²) in [5.74, 6) is 2.60. The number of rotatable bonds is 48. The minimum absolute atomic E-state index is 0.000224. The summed E-state index contributed by atoms with van der Waals surface area (Å²) >= 11 is 0. The van der Waals surface area contributed by atoms with E-state index in [0.717, 1.165) is 45.4 Å². The molecule has 0 aromatic carbocycles. The van der Waals surface area contributed by atoms with Crippen molar-refractivity contribution >= 4 is 46.4 Å². The maximum Gasteiger partial charge on any atom is 0.220 e. The molecule has 0 aliphatic heterocycles. The molecule has 109 heavy (non-hydrogen) atoms. The van der Waals surface area contributed by atoms with Crippen molar-refractivity contribution in [3.8, 4) is 0 Å². The molecule has 18 heteroatoms. The topological polar surface area (TPSA) is 246 Å². The summed E-state index contributed by atoms with van der Waals surface area (Å²) in [6.07, 6.45) is 16.0. The van der Waals surface area contributed by atoms with Gasteiger partial charge in [-0.25, -0.2) is 0 Å². The van der Waals surface area contributed by atoms with Crippen LogP contribution >= 0.6 is 0 Å². The summed E-state index contributed by atoms with van der Waals surface area (Å²) in [6.45, 7) is 66.9. The van der Waals surface area contributed by atoms with Crippen LogP contribution in [0.1, 0.15) is 330 Å². The van der Waals surface area contributed by atoms with Crippen LogP contribution in [0, 0.1) is 87.8 Å². The van der Waals surface area contributed by atoms with Crippen molar-refractivity contribution in [3.05, 3.63) is 0 Å². The SMILES string of the molecule is CC(C)NC(CCC(=O)CC(CCC(=O)NC(CCC(=O)C(C)C)C(=O)C(C)C)C(=O)C(C)C)C(=O)C(C)C.CC(C)NCCCC(NC(C)C)C(=O)C(C)C.CC(C)OC[C@@H](C)C1CCC2C3C(OC(C)C)CC4CC(OC(C)C)CCC4(C)C3CC(OC(C)C)C21C.CNCCC[C@H](NC(C)C)C(=O)C(C)C. The lowest BCUT2D eigenvalue weighted by Gasteiger charge is -2.65. The number of nitrogens with one attached hydrogen (secondary N) is 6. The molecule has 18 nitrogen and oxygen atoms in total. The van der Waals surface area contributed by atoms with Crippen molar-refractivity contribution in [2.45, 2.75) is 421 Å². The van der Waals surface area contributed by atoms with E-state index in [1.807, 2.05) is 62.4 Å². The number of ketones is 7. The highest BCUT2D eigenvalue weighted by Gasteiger charge is 2.67. The fourth-order valence-electron chi connectivity index (χ4n) is 17.9. The van der Waals surface area contributed by atoms with Crippen molar-refractivity contribution in [2.75, 3.05) is 26.7 Å². The van der Waals surface area contributed by atoms with Gasteiger partial charge in [-0.3, -0.25) is 38.4 Å². The van der Waals surface area contributed by atoms with Gasteiger partial charge < -0.3 is 50.8 Å². The van der Waals surface area contributed by atoms with E-state index in [1.54, 1.807) is 41.5 Å². The maximum absolute atomic E-state index is 12.9. The molecule has 4 aliphatic rings. The highest BCUT2D eigenvalue weighted by atomic mass is 16.5. The third-order valence-electron chi connectivity index (χ3n) is 23.4. The average molecular weight is 1540 g/mol. The third kappa shape index (κ3) is 36.7. The van der Waals surface area contributed by atoms with Gasteiger partial charge >= 0.3 is 0 Å². The summed E-state index contributed by atoms with van der Waals surface area (Å²) in [6, 6.07) is 0.209. The van der Waals surface area contributed by atoms with Crippen LogP contribution in [0.2, 0.25) is 0 Å². The van der Waals surface area contributed by atoms with Gasteiger partial charge in [0.1, 0.15) is 17.3 Å². The lowest BCUT2D eigenvalue weighted by molar-refractivity contribution is -0.238. The molecular formula is C91H172N6O12. The lowest BCUT2D eigenvalue weighted by Crippen LogP contribution is -2.63. The van der Waals surface area contributed by atoms with E-state index in [4.69, 9.17) is 18.9 Å². The summed E-state index contributed by atoms with van der Waals surface area (Å²) < 4.78 is 26.5. The van der Waals surface area contributed by atoms with Crippen molar-refractivity contribution in [3.63, 3.8) is 0 Å². The minimum Gasteiger partial charge on any atom is -0.379 e. The molecule has 4 aliphatic carbocycles. The number of carbonyl (C=O) groups is 8. The van der Waals surface area contributed by atoms with Gasteiger partial charge in [-0.05, 0) is 206 Å². The molecule has 6 N–H and O–H groups in total. The van der Waals surface area contributed by atoms with Crippen molar-refractivity contribution in [2.24, 2.45) is 87.8 Å². The Morgan fingerprint density at radius 1 is 0.440 bits per heavy atom. The summed E-state index contributed by atoms with van der Waals surface area (Å²) in [4.78, 5) is 99.8. The van der Waals surface area contributed by atoms with Gasteiger partial charge in [-0.2, -0.15) is 0 Å². The molecule has 0 radical (unpaired) electrons. The van der Waals surface area contributed by atoms with Gasteiger partial charge in [0.25, 0.3) is 0 Å². The molecule has 1 amide bonds. The minimum atomic E-state index is -0.759. The smallest absolute Gasteiger partial charge is 0.220 e. The van der Waals surface area contributed by atoms with E-state index in [0.29, 0.717) is 101 Å². The zero-order chi connectivity index (χ0) is 83.7. The molecule has 0 bridgehead atoms. The second-order valence-electron chi connectivity index (χ2n) is 38.1. The van der Waals surface area contributed by atoms with E-state index in [1.165, 1.54) is 44.9 Å². The van der Waals surface area contributed by atoms with E-state index < -0.39 is 18.0 Å². The first kappa shape index (κ1) is 104. The Kier molecular flexibility index (Phi) is 49.2. The van der Waals surface area contributed by atoms with Gasteiger partial charge in [-0.15, -0.1) is 0 Å². The standard InChI is InChI=1S/C34H62O4.C31H54N2O6.C14H30N2O.C12H26N2O/c1-20(2)35-19-24(9)27-12-13-28-32-29(18-31(34(27,28)11)38-23(7)8)33(10)15-14-26(36-21(3)4)16-25(33)17-30(32)37-22(5)6;1-18(2)27(35)15-14-26(31(39)21(7)8)33-28(36)16-11-23(29(37)19(3)4)17-24(34)12-13-25(32-22(9)10)30(38)20(5)6;1-10(2)14(17)13(16-12(5)6)8-7-9-15-11(3)4;1-9(2)12(15)11(14-10(3)4)7-6-8-13-5/h20-32H,12-19H2,1-11H3;18-23,25-26,32H,11-17H2,1-10H3,(H,33,36);10-13,15-16H,7-9H2,1-6H3;9-11,13-14H,6-8H2,1-5H3/t24-,25?,26?,27?,28?,29?,30?,31?,32?,33?,34?;;;11-/m1..0/s1. The molecule has 4 fully saturated rings. The first-order chi connectivity index (χ1) is 50.6. The first-order valence-corrected chi connectivity index (χ1v) is 43.8. The Morgan fingerprint density at radius 2 is 0.908 bits per heavy atom. The molecule has 0 aromatic rings. The fourth-order valence-corrected chi connectivity index (χ4v) is 17.9. The van der Waals surface area contributed by atoms with Crippen LogP contribution in [-0.4, -0.2) is 164 Å². The summed E-state index contributed by atoms with van der Waals surface area (Å²) in [7, 11) is 1.94. The van der Waals surface area contributed by atoms with Crippen LogP contribution in [0.5, 0.6) is 0 Å². The van der Waals surface area contributed by atoms with Gasteiger partial charge in [0, 0.05) is 103 Å². The second-order valence-corrected chi connectivity index (χ2v) is 38.1. The number of Topliss-reactive ketones (excluding diaryl/α,β-unsaturated/α-hetero) is 7.